The van der Waals surface area contributed by atoms with Crippen molar-refractivity contribution in [1.82, 2.24) is 0 Å². The van der Waals surface area contributed by atoms with Gasteiger partial charge < -0.3 is 20.4 Å². The van der Waals surface area contributed by atoms with Crippen LogP contribution in [0.25, 0.3) is 0 Å². The van der Waals surface area contributed by atoms with E-state index in [1.165, 1.54) is 6.92 Å². The molecule has 4 aliphatic rings. The number of carboxylic acids is 1. The average molecular weight is 505 g/mol. The van der Waals surface area contributed by atoms with Gasteiger partial charge in [-0.2, -0.15) is 0 Å². The summed E-state index contributed by atoms with van der Waals surface area (Å²) in [5, 5.41) is 42.4. The number of Topliss-reactive ketones (excluding diaryl/α,β-unsaturated/α-hetero) is 3. The molecule has 2 saturated carbocycles. The minimum absolute atomic E-state index is 0.0695. The van der Waals surface area contributed by atoms with E-state index in [-0.39, 0.29) is 42.7 Å². The molecule has 4 N–H and O–H groups in total. The fourth-order valence-corrected chi connectivity index (χ4v) is 8.21. The summed E-state index contributed by atoms with van der Waals surface area (Å²) < 4.78 is 0. The molecule has 0 aromatic rings. The van der Waals surface area contributed by atoms with Crippen molar-refractivity contribution in [3.63, 3.8) is 0 Å². The highest BCUT2D eigenvalue weighted by Gasteiger charge is 2.64. The highest BCUT2D eigenvalue weighted by molar-refractivity contribution is 6.05. The van der Waals surface area contributed by atoms with Crippen molar-refractivity contribution in [2.45, 2.75) is 91.5 Å². The number of aliphatic carboxylic acids is 1. The molecule has 0 aromatic heterocycles. The fourth-order valence-electron chi connectivity index (χ4n) is 8.21. The molecule has 0 radical (unpaired) electrons. The van der Waals surface area contributed by atoms with E-state index < -0.39 is 64.6 Å². The minimum Gasteiger partial charge on any atom is -0.481 e. The van der Waals surface area contributed by atoms with E-state index in [2.05, 4.69) is 0 Å². The Morgan fingerprint density at radius 1 is 1.06 bits per heavy atom. The van der Waals surface area contributed by atoms with Crippen molar-refractivity contribution in [2.75, 3.05) is 0 Å². The van der Waals surface area contributed by atoms with Gasteiger partial charge in [0.05, 0.1) is 18.1 Å². The maximum absolute atomic E-state index is 13.8. The van der Waals surface area contributed by atoms with Crippen LogP contribution in [0.4, 0.5) is 0 Å². The number of carbonyl (C=O) groups is 4. The Hall–Kier alpha value is -1.90. The lowest BCUT2D eigenvalue weighted by atomic mass is 9.46. The summed E-state index contributed by atoms with van der Waals surface area (Å²) in [6, 6.07) is 0. The van der Waals surface area contributed by atoms with Gasteiger partial charge in [0, 0.05) is 36.7 Å². The van der Waals surface area contributed by atoms with E-state index in [4.69, 9.17) is 5.11 Å². The molecule has 0 saturated heterocycles. The first-order valence-electron chi connectivity index (χ1n) is 13.2. The maximum Gasteiger partial charge on any atom is 0.306 e. The smallest absolute Gasteiger partial charge is 0.306 e. The Kier molecular flexibility index (Phi) is 6.89. The monoisotopic (exact) mass is 504 g/mol. The van der Waals surface area contributed by atoms with Gasteiger partial charge in [-0.25, -0.2) is 0 Å². The summed E-state index contributed by atoms with van der Waals surface area (Å²) in [7, 11) is 0. The third-order valence-electron chi connectivity index (χ3n) is 10.3. The van der Waals surface area contributed by atoms with E-state index in [1.54, 1.807) is 0 Å². The summed E-state index contributed by atoms with van der Waals surface area (Å²) in [6.07, 6.45) is -1.54. The highest BCUT2D eigenvalue weighted by atomic mass is 16.4. The van der Waals surface area contributed by atoms with Crippen LogP contribution in [0.2, 0.25) is 0 Å². The number of rotatable bonds is 6. The molecule has 8 nitrogen and oxygen atoms in total. The van der Waals surface area contributed by atoms with Crippen LogP contribution >= 0.6 is 0 Å². The second-order valence-electron chi connectivity index (χ2n) is 12.8. The van der Waals surface area contributed by atoms with Crippen LogP contribution < -0.4 is 0 Å². The molecule has 0 aliphatic heterocycles. The van der Waals surface area contributed by atoms with Crippen LogP contribution in [0.3, 0.4) is 0 Å². The summed E-state index contributed by atoms with van der Waals surface area (Å²) in [4.78, 5) is 50.9. The minimum atomic E-state index is -1.40. The molecule has 10 atom stereocenters. The van der Waals surface area contributed by atoms with Crippen molar-refractivity contribution in [1.29, 1.82) is 0 Å². The summed E-state index contributed by atoms with van der Waals surface area (Å²) >= 11 is 0. The average Bonchev–Trinajstić information content (AvgIpc) is 3.13. The zero-order valence-corrected chi connectivity index (χ0v) is 21.9. The zero-order valence-electron chi connectivity index (χ0n) is 21.9. The maximum atomic E-state index is 13.8. The van der Waals surface area contributed by atoms with Gasteiger partial charge in [0.25, 0.3) is 0 Å². The SMILES string of the molecule is C[C@H](CC(=O)C[C@@H](C)[C@H]1CC(=O)[C@H]2C3=C(C(=O)[C@@H](O)[C@@H]21)[C@@]1(C)CC[C@H](O)C(C)(C)[C@@H]1C[C@@H]3O)C(=O)O. The van der Waals surface area contributed by atoms with Crippen molar-refractivity contribution >= 4 is 23.3 Å². The lowest BCUT2D eigenvalue weighted by Crippen LogP contribution is -2.59. The van der Waals surface area contributed by atoms with Crippen molar-refractivity contribution in [2.24, 2.45) is 46.3 Å². The first kappa shape index (κ1) is 27.1. The number of aliphatic hydroxyl groups excluding tert-OH is 3. The fraction of sp³-hybridized carbons (Fsp3) is 0.786. The van der Waals surface area contributed by atoms with Crippen molar-refractivity contribution < 1.29 is 39.6 Å². The van der Waals surface area contributed by atoms with E-state index in [0.29, 0.717) is 30.4 Å². The Balaban J connectivity index is 1.68. The number of carboxylic acid groups (broad SMARTS) is 1. The summed E-state index contributed by atoms with van der Waals surface area (Å²) in [5.74, 6) is -5.04. The van der Waals surface area contributed by atoms with Gasteiger partial charge in [-0.1, -0.05) is 34.6 Å². The molecular weight excluding hydrogens is 464 g/mol. The molecule has 200 valence electrons. The van der Waals surface area contributed by atoms with Crippen LogP contribution in [0.5, 0.6) is 0 Å². The quantitative estimate of drug-likeness (QED) is 0.431. The molecular formula is C28H40O8. The topological polar surface area (TPSA) is 149 Å². The van der Waals surface area contributed by atoms with Gasteiger partial charge in [0.2, 0.25) is 0 Å². The lowest BCUT2D eigenvalue weighted by Gasteiger charge is -2.59. The lowest BCUT2D eigenvalue weighted by molar-refractivity contribution is -0.144. The van der Waals surface area contributed by atoms with Gasteiger partial charge >= 0.3 is 5.97 Å². The van der Waals surface area contributed by atoms with Crippen LogP contribution in [0.15, 0.2) is 11.1 Å². The Morgan fingerprint density at radius 2 is 1.69 bits per heavy atom. The highest BCUT2D eigenvalue weighted by Crippen LogP contribution is 2.63. The second kappa shape index (κ2) is 9.14. The molecule has 4 rings (SSSR count). The molecule has 36 heavy (non-hydrogen) atoms. The predicted molar refractivity (Wildman–Crippen MR) is 130 cm³/mol. The van der Waals surface area contributed by atoms with Gasteiger partial charge in [-0.05, 0) is 53.4 Å². The molecule has 0 heterocycles. The Labute approximate surface area is 212 Å². The number of aliphatic hydroxyl groups is 3. The molecule has 0 aromatic carbocycles. The zero-order chi connectivity index (χ0) is 26.9. The van der Waals surface area contributed by atoms with E-state index in [0.717, 1.165) is 0 Å². The number of ketones is 3. The summed E-state index contributed by atoms with van der Waals surface area (Å²) in [6.45, 7) is 9.15. The summed E-state index contributed by atoms with van der Waals surface area (Å²) in [5.41, 5.74) is -0.369. The molecule has 0 spiro atoms. The molecule has 0 unspecified atom stereocenters. The molecule has 2 fully saturated rings. The van der Waals surface area contributed by atoms with E-state index in [9.17, 15) is 34.5 Å². The van der Waals surface area contributed by atoms with E-state index >= 15 is 0 Å². The number of fused-ring (bicyclic) bond motifs is 4. The van der Waals surface area contributed by atoms with Crippen LogP contribution in [-0.2, 0) is 19.2 Å². The Morgan fingerprint density at radius 3 is 2.31 bits per heavy atom. The molecule has 0 amide bonds. The van der Waals surface area contributed by atoms with Crippen LogP contribution in [-0.4, -0.2) is 62.1 Å². The first-order chi connectivity index (χ1) is 16.6. The van der Waals surface area contributed by atoms with Crippen LogP contribution in [0, 0.1) is 46.3 Å². The van der Waals surface area contributed by atoms with Gasteiger partial charge in [0.15, 0.2) is 5.78 Å². The van der Waals surface area contributed by atoms with Gasteiger partial charge in [-0.15, -0.1) is 0 Å². The third kappa shape index (κ3) is 4.00. The van der Waals surface area contributed by atoms with Crippen LogP contribution in [0.1, 0.15) is 73.1 Å². The second-order valence-corrected chi connectivity index (χ2v) is 12.8. The predicted octanol–water partition coefficient (Wildman–Crippen LogP) is 2.32. The number of hydrogen-bond acceptors (Lipinski definition) is 7. The number of carbonyl (C=O) groups excluding carboxylic acids is 3. The first-order valence-corrected chi connectivity index (χ1v) is 13.2. The standard InChI is InChI=1S/C28H40O8/c1-12(8-14(29)9-13(2)26(35)36)15-10-16(30)21-20(15)24(33)25(34)23-22(21)17(31)11-18-27(3,4)19(32)6-7-28(18,23)5/h12-13,15,17-21,24,31-33H,6-11H2,1-5H3,(H,35,36)/t12-,13-,15-,17+,18+,19+,20-,21-,24+,28+/m1/s1. The van der Waals surface area contributed by atoms with E-state index in [1.807, 2.05) is 27.7 Å². The molecule has 4 aliphatic carbocycles. The molecule has 8 heteroatoms. The third-order valence-corrected chi connectivity index (χ3v) is 10.3. The largest absolute Gasteiger partial charge is 0.481 e. The molecule has 0 bridgehead atoms. The van der Waals surface area contributed by atoms with Crippen molar-refractivity contribution in [3.8, 4) is 0 Å². The number of hydrogen-bond donors (Lipinski definition) is 4. The van der Waals surface area contributed by atoms with Gasteiger partial charge in [-0.3, -0.25) is 19.2 Å². The normalized spacial score (nSPS) is 41.3. The Bertz CT molecular complexity index is 1010. The van der Waals surface area contributed by atoms with Crippen molar-refractivity contribution in [3.05, 3.63) is 11.1 Å². The van der Waals surface area contributed by atoms with Gasteiger partial charge in [0.1, 0.15) is 17.7 Å².